The summed E-state index contributed by atoms with van der Waals surface area (Å²) in [5.74, 6) is -0.341. The largest absolute Gasteiger partial charge is 0.497 e. The number of nitrogens with two attached hydrogens (primary N) is 1. The fourth-order valence-electron chi connectivity index (χ4n) is 2.03. The molecule has 0 bridgehead atoms. The molecule has 1 atom stereocenters. The first-order valence-electron chi connectivity index (χ1n) is 7.27. The van der Waals surface area contributed by atoms with Crippen LogP contribution in [-0.2, 0) is 11.2 Å². The Balaban J connectivity index is 1.90. The van der Waals surface area contributed by atoms with Gasteiger partial charge in [0, 0.05) is 11.4 Å². The zero-order valence-electron chi connectivity index (χ0n) is 13.2. The van der Waals surface area contributed by atoms with Gasteiger partial charge in [-0.3, -0.25) is 4.79 Å². The van der Waals surface area contributed by atoms with Crippen LogP contribution in [0.2, 0.25) is 0 Å². The summed E-state index contributed by atoms with van der Waals surface area (Å²) in [6.07, 6.45) is 0.230. The molecule has 5 N–H and O–H groups in total. The average Bonchev–Trinajstić information content (AvgIpc) is 2.57. The smallest absolute Gasteiger partial charge is 0.323 e. The summed E-state index contributed by atoms with van der Waals surface area (Å²) in [6.45, 7) is 0. The molecule has 0 aromatic heterocycles. The van der Waals surface area contributed by atoms with Gasteiger partial charge in [0.15, 0.2) is 0 Å². The molecule has 0 saturated carbocycles. The summed E-state index contributed by atoms with van der Waals surface area (Å²) in [6, 6.07) is 12.5. The van der Waals surface area contributed by atoms with Gasteiger partial charge < -0.3 is 26.2 Å². The predicted octanol–water partition coefficient (Wildman–Crippen LogP) is 2.29. The molecule has 0 unspecified atom stereocenters. The highest BCUT2D eigenvalue weighted by Crippen LogP contribution is 2.16. The molecule has 0 heterocycles. The van der Waals surface area contributed by atoms with E-state index in [1.54, 1.807) is 55.6 Å². The van der Waals surface area contributed by atoms with Crippen molar-refractivity contribution in [3.63, 3.8) is 0 Å². The van der Waals surface area contributed by atoms with Gasteiger partial charge in [-0.25, -0.2) is 4.79 Å². The maximum absolute atomic E-state index is 11.9. The molecule has 24 heavy (non-hydrogen) atoms. The highest BCUT2D eigenvalue weighted by atomic mass is 16.5. The van der Waals surface area contributed by atoms with E-state index < -0.39 is 12.0 Å². The number of ether oxygens (including phenoxy) is 1. The molecule has 0 aliphatic heterocycles. The highest BCUT2D eigenvalue weighted by molar-refractivity contribution is 5.99. The van der Waals surface area contributed by atoms with E-state index in [4.69, 9.17) is 15.6 Å². The first-order valence-corrected chi connectivity index (χ1v) is 7.27. The van der Waals surface area contributed by atoms with Gasteiger partial charge in [-0.1, -0.05) is 12.1 Å². The van der Waals surface area contributed by atoms with Crippen LogP contribution in [0.15, 0.2) is 48.5 Å². The highest BCUT2D eigenvalue weighted by Gasteiger charge is 2.12. The lowest BCUT2D eigenvalue weighted by atomic mass is 10.1. The minimum absolute atomic E-state index is 0.230. The summed E-state index contributed by atoms with van der Waals surface area (Å²) >= 11 is 0. The van der Waals surface area contributed by atoms with Crippen molar-refractivity contribution in [2.75, 3.05) is 17.7 Å². The minimum Gasteiger partial charge on any atom is -0.497 e. The maximum atomic E-state index is 11.9. The lowest BCUT2D eigenvalue weighted by molar-refractivity contribution is -0.138. The fraction of sp³-hybridized carbons (Fsp3) is 0.176. The Morgan fingerprint density at radius 2 is 1.54 bits per heavy atom. The Morgan fingerprint density at radius 3 is 2.00 bits per heavy atom. The molecular weight excluding hydrogens is 310 g/mol. The topological polar surface area (TPSA) is 114 Å². The average molecular weight is 329 g/mol. The number of carboxylic acid groups (broad SMARTS) is 1. The van der Waals surface area contributed by atoms with Crippen LogP contribution >= 0.6 is 0 Å². The number of urea groups is 1. The second kappa shape index (κ2) is 7.98. The molecule has 2 aromatic carbocycles. The molecule has 0 aliphatic carbocycles. The van der Waals surface area contributed by atoms with Crippen molar-refractivity contribution in [3.8, 4) is 5.75 Å². The van der Waals surface area contributed by atoms with E-state index in [1.807, 2.05) is 0 Å². The van der Waals surface area contributed by atoms with E-state index in [-0.39, 0.29) is 12.5 Å². The second-order valence-corrected chi connectivity index (χ2v) is 5.15. The molecule has 0 radical (unpaired) electrons. The van der Waals surface area contributed by atoms with E-state index in [2.05, 4.69) is 10.6 Å². The SMILES string of the molecule is COc1ccc(NC(=O)Nc2ccc(C[C@H](N)C(=O)O)cc2)cc1. The zero-order valence-corrected chi connectivity index (χ0v) is 13.2. The number of aliphatic carboxylic acids is 1. The quantitative estimate of drug-likeness (QED) is 0.649. The Labute approximate surface area is 139 Å². The minimum atomic E-state index is -1.05. The van der Waals surface area contributed by atoms with E-state index in [0.717, 1.165) is 5.56 Å². The molecule has 2 aromatic rings. The fourth-order valence-corrected chi connectivity index (χ4v) is 2.03. The number of carboxylic acids is 1. The molecular formula is C17H19N3O4. The molecule has 126 valence electrons. The van der Waals surface area contributed by atoms with Gasteiger partial charge >= 0.3 is 12.0 Å². The van der Waals surface area contributed by atoms with Crippen LogP contribution in [0.1, 0.15) is 5.56 Å². The second-order valence-electron chi connectivity index (χ2n) is 5.15. The van der Waals surface area contributed by atoms with E-state index in [1.165, 1.54) is 0 Å². The number of carbonyl (C=O) groups is 2. The number of nitrogens with one attached hydrogen (secondary N) is 2. The molecule has 7 heteroatoms. The van der Waals surface area contributed by atoms with E-state index in [9.17, 15) is 9.59 Å². The summed E-state index contributed by atoms with van der Waals surface area (Å²) in [7, 11) is 1.57. The third kappa shape index (κ3) is 4.99. The van der Waals surface area contributed by atoms with Crippen molar-refractivity contribution in [2.24, 2.45) is 5.73 Å². The molecule has 2 rings (SSSR count). The molecule has 0 aliphatic rings. The molecule has 0 spiro atoms. The third-order valence-corrected chi connectivity index (χ3v) is 3.33. The van der Waals surface area contributed by atoms with Crippen molar-refractivity contribution in [3.05, 3.63) is 54.1 Å². The lowest BCUT2D eigenvalue weighted by Gasteiger charge is -2.10. The zero-order chi connectivity index (χ0) is 17.5. The van der Waals surface area contributed by atoms with Gasteiger partial charge in [-0.05, 0) is 48.4 Å². The molecule has 7 nitrogen and oxygen atoms in total. The number of hydrogen-bond acceptors (Lipinski definition) is 4. The summed E-state index contributed by atoms with van der Waals surface area (Å²) in [5, 5.41) is 14.2. The maximum Gasteiger partial charge on any atom is 0.323 e. The summed E-state index contributed by atoms with van der Waals surface area (Å²) < 4.78 is 5.05. The van der Waals surface area contributed by atoms with Crippen molar-refractivity contribution in [1.82, 2.24) is 0 Å². The van der Waals surface area contributed by atoms with Crippen molar-refractivity contribution in [1.29, 1.82) is 0 Å². The van der Waals surface area contributed by atoms with Crippen LogP contribution in [0, 0.1) is 0 Å². The molecule has 0 fully saturated rings. The van der Waals surface area contributed by atoms with Gasteiger partial charge in [0.2, 0.25) is 0 Å². The third-order valence-electron chi connectivity index (χ3n) is 3.33. The predicted molar refractivity (Wildman–Crippen MR) is 91.4 cm³/mol. The molecule has 0 saturated heterocycles. The first-order chi connectivity index (χ1) is 11.5. The van der Waals surface area contributed by atoms with Crippen LogP contribution < -0.4 is 21.1 Å². The van der Waals surface area contributed by atoms with Crippen LogP contribution in [-0.4, -0.2) is 30.3 Å². The van der Waals surface area contributed by atoms with Gasteiger partial charge in [0.05, 0.1) is 7.11 Å². The van der Waals surface area contributed by atoms with Crippen molar-refractivity contribution < 1.29 is 19.4 Å². The lowest BCUT2D eigenvalue weighted by Crippen LogP contribution is -2.32. The normalized spacial score (nSPS) is 11.4. The first kappa shape index (κ1) is 17.3. The van der Waals surface area contributed by atoms with Crippen LogP contribution in [0.25, 0.3) is 0 Å². The van der Waals surface area contributed by atoms with Crippen LogP contribution in [0.5, 0.6) is 5.75 Å². The number of benzene rings is 2. The van der Waals surface area contributed by atoms with Gasteiger partial charge in [-0.2, -0.15) is 0 Å². The monoisotopic (exact) mass is 329 g/mol. The number of anilines is 2. The number of rotatable bonds is 6. The number of carbonyl (C=O) groups excluding carboxylic acids is 1. The van der Waals surface area contributed by atoms with Gasteiger partial charge in [0.25, 0.3) is 0 Å². The number of methoxy groups -OCH3 is 1. The van der Waals surface area contributed by atoms with Crippen molar-refractivity contribution in [2.45, 2.75) is 12.5 Å². The van der Waals surface area contributed by atoms with Gasteiger partial charge in [-0.15, -0.1) is 0 Å². The summed E-state index contributed by atoms with van der Waals surface area (Å²) in [5.41, 5.74) is 7.50. The van der Waals surface area contributed by atoms with Crippen molar-refractivity contribution >= 4 is 23.4 Å². The Hall–Kier alpha value is -3.06. The Bertz CT molecular complexity index is 699. The van der Waals surface area contributed by atoms with Crippen LogP contribution in [0.3, 0.4) is 0 Å². The number of hydrogen-bond donors (Lipinski definition) is 4. The number of amides is 2. The summed E-state index contributed by atoms with van der Waals surface area (Å²) in [4.78, 5) is 22.7. The standard InChI is InChI=1S/C17H19N3O4/c1-24-14-8-6-13(7-9-14)20-17(23)19-12-4-2-11(3-5-12)10-15(18)16(21)22/h2-9,15H,10,18H2,1H3,(H,21,22)(H2,19,20,23)/t15-/m0/s1. The van der Waals surface area contributed by atoms with E-state index in [0.29, 0.717) is 17.1 Å². The molecule has 2 amide bonds. The van der Waals surface area contributed by atoms with E-state index >= 15 is 0 Å². The van der Waals surface area contributed by atoms with Crippen LogP contribution in [0.4, 0.5) is 16.2 Å². The Morgan fingerprint density at radius 1 is 1.04 bits per heavy atom. The van der Waals surface area contributed by atoms with Gasteiger partial charge in [0.1, 0.15) is 11.8 Å². The Kier molecular flexibility index (Phi) is 5.75.